The highest BCUT2D eigenvalue weighted by Gasteiger charge is 2.11. The molecule has 0 amide bonds. The van der Waals surface area contributed by atoms with Crippen LogP contribution in [-0.2, 0) is 12.8 Å². The molecule has 0 atom stereocenters. The average Bonchev–Trinajstić information content (AvgIpc) is 3.04. The van der Waals surface area contributed by atoms with E-state index in [0.717, 1.165) is 35.2 Å². The monoisotopic (exact) mass is 527 g/mol. The molecule has 0 heterocycles. The molecule has 6 rings (SSSR count). The van der Waals surface area contributed by atoms with Crippen molar-refractivity contribution in [3.63, 3.8) is 0 Å². The van der Waals surface area contributed by atoms with Gasteiger partial charge in [0.15, 0.2) is 0 Å². The highest BCUT2D eigenvalue weighted by Crippen LogP contribution is 2.33. The van der Waals surface area contributed by atoms with E-state index >= 15 is 0 Å². The summed E-state index contributed by atoms with van der Waals surface area (Å²) in [6.45, 7) is 0. The third-order valence-corrected chi connectivity index (χ3v) is 7.61. The lowest BCUT2D eigenvalue weighted by Crippen LogP contribution is -1.98. The molecule has 0 aliphatic rings. The van der Waals surface area contributed by atoms with Crippen molar-refractivity contribution in [1.29, 1.82) is 0 Å². The smallest absolute Gasteiger partial charge is 0.0393 e. The first-order valence-electron chi connectivity index (χ1n) is 14.2. The number of nitrogens with two attached hydrogens (primary N) is 1. The van der Waals surface area contributed by atoms with Crippen LogP contribution in [0.5, 0.6) is 0 Å². The first kappa shape index (κ1) is 26.1. The van der Waals surface area contributed by atoms with E-state index in [0.29, 0.717) is 0 Å². The van der Waals surface area contributed by atoms with Crippen LogP contribution in [0.1, 0.15) is 27.8 Å². The second kappa shape index (κ2) is 12.4. The lowest BCUT2D eigenvalue weighted by molar-refractivity contribution is 1.19. The van der Waals surface area contributed by atoms with Crippen molar-refractivity contribution in [3.05, 3.63) is 192 Å². The Balaban J connectivity index is 1.40. The number of benzene rings is 6. The van der Waals surface area contributed by atoms with Crippen molar-refractivity contribution < 1.29 is 0 Å². The lowest BCUT2D eigenvalue weighted by atomic mass is 9.90. The van der Waals surface area contributed by atoms with Crippen molar-refractivity contribution >= 4 is 22.0 Å². The Bertz CT molecular complexity index is 1800. The van der Waals surface area contributed by atoms with E-state index in [9.17, 15) is 0 Å². The van der Waals surface area contributed by atoms with Gasteiger partial charge >= 0.3 is 0 Å². The summed E-state index contributed by atoms with van der Waals surface area (Å²) in [5.74, 6) is 0. The fraction of sp³-hybridized carbons (Fsp3) is 0.0500. The summed E-state index contributed by atoms with van der Waals surface area (Å²) < 4.78 is 0. The van der Waals surface area contributed by atoms with Gasteiger partial charge in [0.2, 0.25) is 0 Å². The van der Waals surface area contributed by atoms with E-state index in [1.807, 2.05) is 18.2 Å². The third kappa shape index (κ3) is 6.21. The fourth-order valence-electron chi connectivity index (χ4n) is 5.44. The van der Waals surface area contributed by atoms with Crippen molar-refractivity contribution in [3.8, 4) is 11.1 Å². The number of hydrogen-bond acceptors (Lipinski definition) is 1. The van der Waals surface area contributed by atoms with E-state index in [1.54, 1.807) is 0 Å². The summed E-state index contributed by atoms with van der Waals surface area (Å²) in [7, 11) is 0. The maximum absolute atomic E-state index is 6.60. The van der Waals surface area contributed by atoms with E-state index in [2.05, 4.69) is 146 Å². The van der Waals surface area contributed by atoms with Crippen LogP contribution >= 0.6 is 0 Å². The summed E-state index contributed by atoms with van der Waals surface area (Å²) >= 11 is 0. The molecule has 0 aliphatic carbocycles. The molecule has 198 valence electrons. The minimum absolute atomic E-state index is 0.757. The SMILES string of the molecule is N/C(=C\C(=C/Cc1c(-c2ccc(Cc3ccccc3)cc2)ccc2ccccc12)c1ccccc1)c1ccccc1. The maximum Gasteiger partial charge on any atom is 0.0393 e. The molecule has 2 N–H and O–H groups in total. The van der Waals surface area contributed by atoms with Crippen LogP contribution in [0.3, 0.4) is 0 Å². The molecule has 0 aromatic heterocycles. The Hall–Kier alpha value is -5.14. The number of allylic oxidation sites excluding steroid dienone is 3. The first-order valence-corrected chi connectivity index (χ1v) is 14.2. The Labute approximate surface area is 242 Å². The minimum atomic E-state index is 0.757. The minimum Gasteiger partial charge on any atom is -0.398 e. The second-order valence-corrected chi connectivity index (χ2v) is 10.4. The number of hydrogen-bond donors (Lipinski definition) is 1. The highest BCUT2D eigenvalue weighted by atomic mass is 14.6. The Morgan fingerprint density at radius 1 is 0.537 bits per heavy atom. The van der Waals surface area contributed by atoms with Gasteiger partial charge in [-0.05, 0) is 74.2 Å². The zero-order chi connectivity index (χ0) is 27.9. The van der Waals surface area contributed by atoms with Crippen molar-refractivity contribution in [2.45, 2.75) is 12.8 Å². The molecule has 0 bridgehead atoms. The van der Waals surface area contributed by atoms with Crippen molar-refractivity contribution in [2.24, 2.45) is 5.73 Å². The van der Waals surface area contributed by atoms with E-state index < -0.39 is 0 Å². The molecule has 0 spiro atoms. The molecule has 0 aliphatic heterocycles. The van der Waals surface area contributed by atoms with Gasteiger partial charge < -0.3 is 5.73 Å². The Morgan fingerprint density at radius 3 is 1.83 bits per heavy atom. The van der Waals surface area contributed by atoms with Crippen LogP contribution in [-0.4, -0.2) is 0 Å². The normalized spacial score (nSPS) is 12.0. The standard InChI is InChI=1S/C40H33N/c41-40(35-17-8-3-9-18-35)29-36(32-14-6-2-7-15-32)25-27-39-37-19-11-10-16-33(37)24-26-38(39)34-22-20-31(21-23-34)28-30-12-4-1-5-13-30/h1-26,29H,27-28,41H2/b36-25+,40-29-. The van der Waals surface area contributed by atoms with Crippen LogP contribution < -0.4 is 5.73 Å². The lowest BCUT2D eigenvalue weighted by Gasteiger charge is -2.14. The molecule has 0 saturated carbocycles. The summed E-state index contributed by atoms with van der Waals surface area (Å²) in [4.78, 5) is 0. The zero-order valence-corrected chi connectivity index (χ0v) is 23.1. The van der Waals surface area contributed by atoms with Crippen molar-refractivity contribution in [1.82, 2.24) is 0 Å². The highest BCUT2D eigenvalue weighted by molar-refractivity contribution is 5.92. The Kier molecular flexibility index (Phi) is 7.87. The molecular formula is C40H33N. The second-order valence-electron chi connectivity index (χ2n) is 10.4. The summed E-state index contributed by atoms with van der Waals surface area (Å²) in [5, 5.41) is 2.53. The van der Waals surface area contributed by atoms with Gasteiger partial charge in [0.05, 0.1) is 0 Å². The quantitative estimate of drug-likeness (QED) is 0.196. The molecule has 6 aromatic rings. The van der Waals surface area contributed by atoms with Crippen LogP contribution in [0.2, 0.25) is 0 Å². The van der Waals surface area contributed by atoms with Gasteiger partial charge in [-0.3, -0.25) is 0 Å². The third-order valence-electron chi connectivity index (χ3n) is 7.61. The van der Waals surface area contributed by atoms with Gasteiger partial charge in [0.25, 0.3) is 0 Å². The molecule has 0 saturated heterocycles. The average molecular weight is 528 g/mol. The van der Waals surface area contributed by atoms with Gasteiger partial charge in [-0.1, -0.05) is 158 Å². The zero-order valence-electron chi connectivity index (χ0n) is 23.1. The van der Waals surface area contributed by atoms with Gasteiger partial charge in [0.1, 0.15) is 0 Å². The Morgan fingerprint density at radius 2 is 1.12 bits per heavy atom. The predicted molar refractivity (Wildman–Crippen MR) is 175 cm³/mol. The molecule has 1 nitrogen and oxygen atoms in total. The van der Waals surface area contributed by atoms with E-state index in [4.69, 9.17) is 5.73 Å². The summed E-state index contributed by atoms with van der Waals surface area (Å²) in [6.07, 6.45) is 6.14. The molecule has 41 heavy (non-hydrogen) atoms. The molecule has 1 heteroatoms. The van der Waals surface area contributed by atoms with E-state index in [1.165, 1.54) is 38.6 Å². The van der Waals surface area contributed by atoms with Gasteiger partial charge in [-0.15, -0.1) is 0 Å². The fourth-order valence-corrected chi connectivity index (χ4v) is 5.44. The largest absolute Gasteiger partial charge is 0.398 e. The van der Waals surface area contributed by atoms with Crippen LogP contribution in [0.15, 0.2) is 164 Å². The van der Waals surface area contributed by atoms with Crippen LogP contribution in [0.4, 0.5) is 0 Å². The summed E-state index contributed by atoms with van der Waals surface area (Å²) in [6, 6.07) is 53.6. The predicted octanol–water partition coefficient (Wildman–Crippen LogP) is 9.72. The van der Waals surface area contributed by atoms with Gasteiger partial charge in [-0.2, -0.15) is 0 Å². The van der Waals surface area contributed by atoms with Crippen molar-refractivity contribution in [2.75, 3.05) is 0 Å². The molecule has 6 aromatic carbocycles. The number of fused-ring (bicyclic) bond motifs is 1. The van der Waals surface area contributed by atoms with Gasteiger partial charge in [0, 0.05) is 5.70 Å². The first-order chi connectivity index (χ1) is 20.2. The summed E-state index contributed by atoms with van der Waals surface area (Å²) in [5.41, 5.74) is 17.1. The maximum atomic E-state index is 6.60. The molecular weight excluding hydrogens is 494 g/mol. The molecule has 0 radical (unpaired) electrons. The molecule has 0 unspecified atom stereocenters. The molecule has 0 fully saturated rings. The van der Waals surface area contributed by atoms with Crippen LogP contribution in [0, 0.1) is 0 Å². The topological polar surface area (TPSA) is 26.0 Å². The van der Waals surface area contributed by atoms with Gasteiger partial charge in [-0.25, -0.2) is 0 Å². The van der Waals surface area contributed by atoms with Crippen LogP contribution in [0.25, 0.3) is 33.2 Å². The number of rotatable bonds is 8. The van der Waals surface area contributed by atoms with E-state index in [-0.39, 0.29) is 0 Å².